The maximum Gasteiger partial charge on any atom is 0.236 e. The molecule has 0 radical (unpaired) electrons. The Morgan fingerprint density at radius 1 is 1.42 bits per heavy atom. The maximum atomic E-state index is 12.0. The molecule has 112 valence electrons. The molecule has 1 N–H and O–H groups in total. The molecule has 1 rings (SSSR count). The summed E-state index contributed by atoms with van der Waals surface area (Å²) in [6, 6.07) is 0. The van der Waals surface area contributed by atoms with E-state index in [-0.39, 0.29) is 12.0 Å². The van der Waals surface area contributed by atoms with Crippen molar-refractivity contribution in [2.75, 3.05) is 53.0 Å². The third-order valence-electron chi connectivity index (χ3n) is 2.91. The van der Waals surface area contributed by atoms with E-state index in [4.69, 9.17) is 9.47 Å². The number of rotatable bonds is 7. The molecule has 1 heterocycles. The Morgan fingerprint density at radius 3 is 2.63 bits per heavy atom. The Kier molecular flexibility index (Phi) is 7.30. The second-order valence-corrected chi connectivity index (χ2v) is 5.23. The monoisotopic (exact) mass is 274 g/mol. The lowest BCUT2D eigenvalue weighted by Crippen LogP contribution is -2.46. The second kappa shape index (κ2) is 8.47. The summed E-state index contributed by atoms with van der Waals surface area (Å²) in [5.74, 6) is 0.0859. The van der Waals surface area contributed by atoms with Gasteiger partial charge in [0.05, 0.1) is 38.6 Å². The van der Waals surface area contributed by atoms with Gasteiger partial charge in [0, 0.05) is 19.6 Å². The lowest BCUT2D eigenvalue weighted by Gasteiger charge is -2.29. The van der Waals surface area contributed by atoms with Crippen molar-refractivity contribution < 1.29 is 19.4 Å². The molecule has 6 nitrogen and oxygen atoms in total. The van der Waals surface area contributed by atoms with Crippen molar-refractivity contribution in [3.63, 3.8) is 0 Å². The Labute approximate surface area is 115 Å². The molecular weight excluding hydrogens is 248 g/mol. The number of carbonyl (C=O) groups excluding carboxylic acids is 1. The van der Waals surface area contributed by atoms with Crippen LogP contribution < -0.4 is 0 Å². The zero-order valence-electron chi connectivity index (χ0n) is 12.2. The fraction of sp³-hybridized carbons (Fsp3) is 0.923. The number of hydrogen-bond donors (Lipinski definition) is 1. The molecule has 1 fully saturated rings. The highest BCUT2D eigenvalue weighted by Crippen LogP contribution is 2.00. The predicted octanol–water partition coefficient (Wildman–Crippen LogP) is -0.437. The highest BCUT2D eigenvalue weighted by Gasteiger charge is 2.19. The largest absolute Gasteiger partial charge is 0.389 e. The van der Waals surface area contributed by atoms with E-state index in [1.54, 1.807) is 4.90 Å². The average Bonchev–Trinajstić information content (AvgIpc) is 2.37. The maximum absolute atomic E-state index is 12.0. The van der Waals surface area contributed by atoms with Crippen molar-refractivity contribution in [1.29, 1.82) is 0 Å². The number of ether oxygens (including phenoxy) is 2. The molecule has 0 bridgehead atoms. The fourth-order valence-corrected chi connectivity index (χ4v) is 1.92. The summed E-state index contributed by atoms with van der Waals surface area (Å²) in [6.07, 6.45) is -0.458. The first-order chi connectivity index (χ1) is 8.99. The molecule has 19 heavy (non-hydrogen) atoms. The highest BCUT2D eigenvalue weighted by atomic mass is 16.5. The van der Waals surface area contributed by atoms with Gasteiger partial charge in [0.1, 0.15) is 0 Å². The summed E-state index contributed by atoms with van der Waals surface area (Å²) in [6.45, 7) is 7.45. The van der Waals surface area contributed by atoms with Crippen LogP contribution in [0, 0.1) is 0 Å². The van der Waals surface area contributed by atoms with E-state index in [2.05, 4.69) is 0 Å². The first-order valence-electron chi connectivity index (χ1n) is 6.82. The first kappa shape index (κ1) is 16.4. The first-order valence-corrected chi connectivity index (χ1v) is 6.82. The number of nitrogens with zero attached hydrogens (tertiary/aromatic N) is 2. The smallest absolute Gasteiger partial charge is 0.236 e. The van der Waals surface area contributed by atoms with Gasteiger partial charge in [-0.3, -0.25) is 9.69 Å². The molecule has 1 atom stereocenters. The minimum absolute atomic E-state index is 0.0859. The van der Waals surface area contributed by atoms with Crippen LogP contribution in [0.5, 0.6) is 0 Å². The number of aliphatic hydroxyl groups is 1. The quantitative estimate of drug-likeness (QED) is 0.682. The van der Waals surface area contributed by atoms with Crippen LogP contribution in [0.25, 0.3) is 0 Å². The summed E-state index contributed by atoms with van der Waals surface area (Å²) in [5, 5.41) is 9.78. The molecule has 0 aromatic rings. The normalized spacial score (nSPS) is 18.1. The van der Waals surface area contributed by atoms with E-state index in [0.717, 1.165) is 0 Å². The Hall–Kier alpha value is -0.690. The molecule has 1 unspecified atom stereocenters. The van der Waals surface area contributed by atoms with Crippen molar-refractivity contribution >= 4 is 5.91 Å². The Morgan fingerprint density at radius 2 is 2.05 bits per heavy atom. The molecule has 1 amide bonds. The third kappa shape index (κ3) is 6.87. The van der Waals surface area contributed by atoms with Gasteiger partial charge in [-0.2, -0.15) is 0 Å². The van der Waals surface area contributed by atoms with Gasteiger partial charge in [-0.15, -0.1) is 0 Å². The van der Waals surface area contributed by atoms with E-state index < -0.39 is 6.10 Å². The average molecular weight is 274 g/mol. The van der Waals surface area contributed by atoms with E-state index in [0.29, 0.717) is 46.0 Å². The van der Waals surface area contributed by atoms with Crippen LogP contribution in [0.1, 0.15) is 13.8 Å². The van der Waals surface area contributed by atoms with Crippen LogP contribution in [0.4, 0.5) is 0 Å². The molecule has 0 saturated carbocycles. The SMILES string of the molecule is CC(C)OCC(O)CN(C)CC(=O)N1CCOCC1. The van der Waals surface area contributed by atoms with E-state index in [1.165, 1.54) is 0 Å². The van der Waals surface area contributed by atoms with Crippen molar-refractivity contribution in [1.82, 2.24) is 9.80 Å². The van der Waals surface area contributed by atoms with Crippen LogP contribution in [0.2, 0.25) is 0 Å². The lowest BCUT2D eigenvalue weighted by molar-refractivity contribution is -0.136. The molecule has 0 spiro atoms. The molecule has 1 aliphatic heterocycles. The number of hydrogen-bond acceptors (Lipinski definition) is 5. The minimum atomic E-state index is -0.565. The second-order valence-electron chi connectivity index (χ2n) is 5.23. The third-order valence-corrected chi connectivity index (χ3v) is 2.91. The summed E-state index contributed by atoms with van der Waals surface area (Å²) in [7, 11) is 1.83. The van der Waals surface area contributed by atoms with Gasteiger partial charge >= 0.3 is 0 Å². The molecule has 6 heteroatoms. The van der Waals surface area contributed by atoms with Gasteiger partial charge in [0.25, 0.3) is 0 Å². The summed E-state index contributed by atoms with van der Waals surface area (Å²) in [5.41, 5.74) is 0. The summed E-state index contributed by atoms with van der Waals surface area (Å²) in [4.78, 5) is 15.6. The van der Waals surface area contributed by atoms with Gasteiger partial charge in [0.2, 0.25) is 5.91 Å². The Bertz CT molecular complexity index is 267. The van der Waals surface area contributed by atoms with Gasteiger partial charge in [-0.05, 0) is 20.9 Å². The molecule has 0 aromatic heterocycles. The predicted molar refractivity (Wildman–Crippen MR) is 72.0 cm³/mol. The summed E-state index contributed by atoms with van der Waals surface area (Å²) >= 11 is 0. The van der Waals surface area contributed by atoms with Crippen LogP contribution in [-0.2, 0) is 14.3 Å². The topological polar surface area (TPSA) is 62.2 Å². The van der Waals surface area contributed by atoms with Crippen LogP contribution in [-0.4, -0.2) is 86.1 Å². The lowest BCUT2D eigenvalue weighted by atomic mass is 10.3. The standard InChI is InChI=1S/C13H26N2O4/c1-11(2)19-10-12(16)8-14(3)9-13(17)15-4-6-18-7-5-15/h11-12,16H,4-10H2,1-3H3. The molecule has 0 aromatic carbocycles. The van der Waals surface area contributed by atoms with Crippen molar-refractivity contribution in [3.8, 4) is 0 Å². The number of morpholine rings is 1. The number of carbonyl (C=O) groups is 1. The van der Waals surface area contributed by atoms with Crippen LogP contribution >= 0.6 is 0 Å². The van der Waals surface area contributed by atoms with E-state index >= 15 is 0 Å². The van der Waals surface area contributed by atoms with Gasteiger partial charge < -0.3 is 19.5 Å². The van der Waals surface area contributed by atoms with Crippen molar-refractivity contribution in [2.45, 2.75) is 26.1 Å². The van der Waals surface area contributed by atoms with E-state index in [9.17, 15) is 9.90 Å². The van der Waals surface area contributed by atoms with E-state index in [1.807, 2.05) is 25.8 Å². The Balaban J connectivity index is 2.21. The van der Waals surface area contributed by atoms with Gasteiger partial charge in [-0.1, -0.05) is 0 Å². The van der Waals surface area contributed by atoms with Gasteiger partial charge in [-0.25, -0.2) is 0 Å². The fourth-order valence-electron chi connectivity index (χ4n) is 1.92. The number of aliphatic hydroxyl groups excluding tert-OH is 1. The molecule has 1 saturated heterocycles. The number of likely N-dealkylation sites (N-methyl/N-ethyl adjacent to an activating group) is 1. The highest BCUT2D eigenvalue weighted by molar-refractivity contribution is 5.78. The molecule has 0 aliphatic carbocycles. The molecule has 1 aliphatic rings. The van der Waals surface area contributed by atoms with Crippen LogP contribution in [0.3, 0.4) is 0 Å². The van der Waals surface area contributed by atoms with Gasteiger partial charge in [0.15, 0.2) is 0 Å². The minimum Gasteiger partial charge on any atom is -0.389 e. The summed E-state index contributed by atoms with van der Waals surface area (Å²) < 4.78 is 10.5. The zero-order chi connectivity index (χ0) is 14.3. The van der Waals surface area contributed by atoms with Crippen molar-refractivity contribution in [2.24, 2.45) is 0 Å². The molecular formula is C13H26N2O4. The van der Waals surface area contributed by atoms with Crippen molar-refractivity contribution in [3.05, 3.63) is 0 Å². The zero-order valence-corrected chi connectivity index (χ0v) is 12.2. The number of amides is 1. The van der Waals surface area contributed by atoms with Crippen LogP contribution in [0.15, 0.2) is 0 Å².